The maximum Gasteiger partial charge on any atom is 0.243 e. The second kappa shape index (κ2) is 8.42. The summed E-state index contributed by atoms with van der Waals surface area (Å²) in [5.74, 6) is 0.455. The molecule has 1 aliphatic heterocycles. The molecule has 0 saturated carbocycles. The van der Waals surface area contributed by atoms with Crippen LogP contribution in [0.2, 0.25) is 0 Å². The fourth-order valence-corrected chi connectivity index (χ4v) is 5.15. The van der Waals surface area contributed by atoms with Crippen molar-refractivity contribution >= 4 is 15.8 Å². The number of rotatable bonds is 6. The summed E-state index contributed by atoms with van der Waals surface area (Å²) in [6, 6.07) is 9.09. The Bertz CT molecular complexity index is 983. The smallest absolute Gasteiger partial charge is 0.243 e. The van der Waals surface area contributed by atoms with E-state index in [1.165, 1.54) is 4.31 Å². The maximum absolute atomic E-state index is 12.9. The monoisotopic (exact) mass is 417 g/mol. The Hall–Kier alpha value is -1.96. The summed E-state index contributed by atoms with van der Waals surface area (Å²) in [7, 11) is -1.54. The third kappa shape index (κ3) is 4.47. The van der Waals surface area contributed by atoms with Gasteiger partial charge in [0.05, 0.1) is 11.4 Å². The molecular formula is C22H31N3O3S. The van der Waals surface area contributed by atoms with Gasteiger partial charge in [0.15, 0.2) is 5.78 Å². The van der Waals surface area contributed by atoms with Gasteiger partial charge in [-0.1, -0.05) is 26.0 Å². The first-order chi connectivity index (χ1) is 13.6. The Morgan fingerprint density at radius 2 is 1.62 bits per heavy atom. The molecule has 0 spiro atoms. The first-order valence-electron chi connectivity index (χ1n) is 10.1. The lowest BCUT2D eigenvalue weighted by Gasteiger charge is -2.33. The lowest BCUT2D eigenvalue weighted by molar-refractivity contribution is 0.0901. The van der Waals surface area contributed by atoms with Crippen LogP contribution in [0.25, 0.3) is 0 Å². The minimum absolute atomic E-state index is 0.0896. The molecule has 0 atom stereocenters. The molecule has 0 radical (unpaired) electrons. The molecule has 1 saturated heterocycles. The minimum Gasteiger partial charge on any atom is -0.351 e. The van der Waals surface area contributed by atoms with Gasteiger partial charge in [0, 0.05) is 50.2 Å². The van der Waals surface area contributed by atoms with Crippen LogP contribution in [-0.4, -0.2) is 60.7 Å². The Morgan fingerprint density at radius 1 is 1.03 bits per heavy atom. The van der Waals surface area contributed by atoms with Gasteiger partial charge in [-0.05, 0) is 43.5 Å². The number of hydrogen-bond acceptors (Lipinski definition) is 4. The molecule has 158 valence electrons. The van der Waals surface area contributed by atoms with Crippen LogP contribution in [0.5, 0.6) is 0 Å². The second-order valence-electron chi connectivity index (χ2n) is 8.17. The quantitative estimate of drug-likeness (QED) is 0.678. The number of aromatic nitrogens is 1. The van der Waals surface area contributed by atoms with Crippen molar-refractivity contribution in [1.82, 2.24) is 13.8 Å². The summed E-state index contributed by atoms with van der Waals surface area (Å²) >= 11 is 0. The molecule has 0 N–H and O–H groups in total. The standard InChI is InChI=1S/C22H31N3O3S/c1-16(2)19-6-8-20(9-7-19)29(27,28)25-12-10-24(11-13-25)15-22(26)21-14-17(3)23(5)18(21)4/h6-9,14,16H,10-13,15H2,1-5H3. The van der Waals surface area contributed by atoms with Crippen LogP contribution < -0.4 is 0 Å². The Morgan fingerprint density at radius 3 is 2.10 bits per heavy atom. The minimum atomic E-state index is -3.50. The van der Waals surface area contributed by atoms with E-state index in [-0.39, 0.29) is 5.78 Å². The van der Waals surface area contributed by atoms with Crippen LogP contribution in [-0.2, 0) is 17.1 Å². The van der Waals surface area contributed by atoms with Gasteiger partial charge >= 0.3 is 0 Å². The Kier molecular flexibility index (Phi) is 6.31. The van der Waals surface area contributed by atoms with Crippen LogP contribution in [0.15, 0.2) is 35.2 Å². The molecule has 1 aliphatic rings. The largest absolute Gasteiger partial charge is 0.351 e. The summed E-state index contributed by atoms with van der Waals surface area (Å²) in [4.78, 5) is 15.1. The Balaban J connectivity index is 1.62. The highest BCUT2D eigenvalue weighted by molar-refractivity contribution is 7.89. The van der Waals surface area contributed by atoms with Gasteiger partial charge in [-0.3, -0.25) is 9.69 Å². The number of hydrogen-bond donors (Lipinski definition) is 0. The molecule has 0 aliphatic carbocycles. The van der Waals surface area contributed by atoms with E-state index < -0.39 is 10.0 Å². The van der Waals surface area contributed by atoms with Gasteiger partial charge in [0.1, 0.15) is 0 Å². The van der Waals surface area contributed by atoms with Gasteiger partial charge in [0.25, 0.3) is 0 Å². The number of Topliss-reactive ketones (excluding diaryl/α,β-unsaturated/α-hetero) is 1. The summed E-state index contributed by atoms with van der Waals surface area (Å²) in [6.45, 7) is 10.3. The van der Waals surface area contributed by atoms with Crippen molar-refractivity contribution in [3.05, 3.63) is 52.8 Å². The lowest BCUT2D eigenvalue weighted by Crippen LogP contribution is -2.49. The number of ketones is 1. The van der Waals surface area contributed by atoms with Gasteiger partial charge < -0.3 is 4.57 Å². The number of piperazine rings is 1. The fourth-order valence-electron chi connectivity index (χ4n) is 3.73. The predicted molar refractivity (Wildman–Crippen MR) is 115 cm³/mol. The molecule has 0 bridgehead atoms. The van der Waals surface area contributed by atoms with Crippen LogP contribution in [0.3, 0.4) is 0 Å². The lowest BCUT2D eigenvalue weighted by atomic mass is 10.0. The molecule has 1 fully saturated rings. The zero-order chi connectivity index (χ0) is 21.3. The fraction of sp³-hybridized carbons (Fsp3) is 0.500. The van der Waals surface area contributed by atoms with Crippen molar-refractivity contribution in [2.24, 2.45) is 7.05 Å². The van der Waals surface area contributed by atoms with Gasteiger partial charge in [-0.15, -0.1) is 0 Å². The second-order valence-corrected chi connectivity index (χ2v) is 10.1. The number of carbonyl (C=O) groups excluding carboxylic acids is 1. The van der Waals surface area contributed by atoms with Gasteiger partial charge in [-0.25, -0.2) is 8.42 Å². The average molecular weight is 418 g/mol. The summed E-state index contributed by atoms with van der Waals surface area (Å²) in [5, 5.41) is 0. The molecule has 2 aromatic rings. The molecule has 6 nitrogen and oxygen atoms in total. The summed E-state index contributed by atoms with van der Waals surface area (Å²) in [6.07, 6.45) is 0. The van der Waals surface area contributed by atoms with Crippen LogP contribution >= 0.6 is 0 Å². The van der Waals surface area contributed by atoms with Crippen molar-refractivity contribution < 1.29 is 13.2 Å². The van der Waals surface area contributed by atoms with Crippen molar-refractivity contribution in [1.29, 1.82) is 0 Å². The molecule has 1 aromatic heterocycles. The van der Waals surface area contributed by atoms with Crippen molar-refractivity contribution in [3.8, 4) is 0 Å². The van der Waals surface area contributed by atoms with Crippen LogP contribution in [0.4, 0.5) is 0 Å². The SMILES string of the molecule is Cc1cc(C(=O)CN2CCN(S(=O)(=O)c3ccc(C(C)C)cc3)CC2)c(C)n1C. The number of nitrogens with zero attached hydrogens (tertiary/aromatic N) is 3. The molecule has 0 unspecified atom stereocenters. The van der Waals surface area contributed by atoms with E-state index in [0.29, 0.717) is 43.5 Å². The molecule has 2 heterocycles. The average Bonchev–Trinajstić information content (AvgIpc) is 2.96. The number of aryl methyl sites for hydroxylation is 1. The molecule has 29 heavy (non-hydrogen) atoms. The van der Waals surface area contributed by atoms with E-state index in [0.717, 1.165) is 22.5 Å². The van der Waals surface area contributed by atoms with Crippen LogP contribution in [0, 0.1) is 13.8 Å². The zero-order valence-corrected chi connectivity index (χ0v) is 18.8. The van der Waals surface area contributed by atoms with Crippen molar-refractivity contribution in [2.75, 3.05) is 32.7 Å². The molecular weight excluding hydrogens is 386 g/mol. The topological polar surface area (TPSA) is 62.6 Å². The highest BCUT2D eigenvalue weighted by atomic mass is 32.2. The third-order valence-corrected chi connectivity index (χ3v) is 7.87. The zero-order valence-electron chi connectivity index (χ0n) is 18.0. The molecule has 7 heteroatoms. The summed E-state index contributed by atoms with van der Waals surface area (Å²) in [5.41, 5.74) is 3.91. The molecule has 0 amide bonds. The molecule has 3 rings (SSSR count). The first-order valence-corrected chi connectivity index (χ1v) is 11.5. The van der Waals surface area contributed by atoms with E-state index in [1.54, 1.807) is 12.1 Å². The predicted octanol–water partition coefficient (Wildman–Crippen LogP) is 2.95. The van der Waals surface area contributed by atoms with E-state index in [4.69, 9.17) is 0 Å². The maximum atomic E-state index is 12.9. The van der Waals surface area contributed by atoms with Gasteiger partial charge in [0.2, 0.25) is 10.0 Å². The molecule has 1 aromatic carbocycles. The Labute approximate surface area is 174 Å². The normalized spacial score (nSPS) is 16.5. The van der Waals surface area contributed by atoms with Crippen molar-refractivity contribution in [2.45, 2.75) is 38.5 Å². The highest BCUT2D eigenvalue weighted by Crippen LogP contribution is 2.21. The van der Waals surface area contributed by atoms with E-state index in [2.05, 4.69) is 13.8 Å². The number of benzene rings is 1. The van der Waals surface area contributed by atoms with E-state index in [9.17, 15) is 13.2 Å². The third-order valence-electron chi connectivity index (χ3n) is 5.96. The summed E-state index contributed by atoms with van der Waals surface area (Å²) < 4.78 is 29.4. The van der Waals surface area contributed by atoms with E-state index in [1.807, 2.05) is 48.6 Å². The highest BCUT2D eigenvalue weighted by Gasteiger charge is 2.29. The van der Waals surface area contributed by atoms with Crippen molar-refractivity contribution in [3.63, 3.8) is 0 Å². The first kappa shape index (κ1) is 21.7. The number of sulfonamides is 1. The van der Waals surface area contributed by atoms with E-state index >= 15 is 0 Å². The van der Waals surface area contributed by atoms with Crippen LogP contribution in [0.1, 0.15) is 47.1 Å². The number of carbonyl (C=O) groups is 1. The van der Waals surface area contributed by atoms with Gasteiger partial charge in [-0.2, -0.15) is 4.31 Å².